The van der Waals surface area contributed by atoms with Crippen LogP contribution in [0.15, 0.2) is 102 Å². The molecule has 1 amide bonds. The molecule has 0 aliphatic carbocycles. The number of ether oxygens (including phenoxy) is 3. The van der Waals surface area contributed by atoms with Crippen molar-refractivity contribution >= 4 is 46.1 Å². The minimum Gasteiger partial charge on any atom is -0.542 e. The lowest BCUT2D eigenvalue weighted by Crippen LogP contribution is -2.51. The second-order valence-electron chi connectivity index (χ2n) is 16.5. The Morgan fingerprint density at radius 2 is 1.47 bits per heavy atom. The van der Waals surface area contributed by atoms with E-state index in [9.17, 15) is 13.2 Å². The molecule has 0 aliphatic rings. The Balaban J connectivity index is 1.54. The standard InChI is InChI=1S/C47H59N3O7SSi/c1-31(2)59(32(3)4,33(5)6)57-43-26-44(55-29-36-16-12-11-13-17-36)46-45(35(8)28-50(46)58(52,53)39-22-20-34(7)21-23-39)40(43)25-38(56-30-54-10)27-48-47(51)42-24-37-18-14-15-19-41(37)49(42)9/h11-24,26,28,31-33,38H,25,27,29-30H2,1-10H3,(H,48,51). The number of benzene rings is 4. The maximum atomic E-state index is 14.7. The smallest absolute Gasteiger partial charge is 0.268 e. The number of hydrogen-bond acceptors (Lipinski definition) is 7. The predicted molar refractivity (Wildman–Crippen MR) is 239 cm³/mol. The molecule has 59 heavy (non-hydrogen) atoms. The molecule has 6 aromatic rings. The molecule has 1 unspecified atom stereocenters. The molecule has 1 N–H and O–H groups in total. The first-order valence-electron chi connectivity index (χ1n) is 20.4. The number of nitrogens with zero attached hydrogens (tertiary/aromatic N) is 2. The number of methoxy groups -OCH3 is 1. The summed E-state index contributed by atoms with van der Waals surface area (Å²) in [6.45, 7) is 17.6. The molecule has 0 radical (unpaired) electrons. The zero-order valence-corrected chi connectivity index (χ0v) is 37.9. The second-order valence-corrected chi connectivity index (χ2v) is 23.6. The zero-order valence-electron chi connectivity index (χ0n) is 36.0. The van der Waals surface area contributed by atoms with Gasteiger partial charge in [0.1, 0.15) is 36.1 Å². The first kappa shape index (κ1) is 43.7. The Kier molecular flexibility index (Phi) is 13.5. The molecule has 2 heterocycles. The normalized spacial score (nSPS) is 12.9. The average molecular weight is 838 g/mol. The van der Waals surface area contributed by atoms with Gasteiger partial charge in [-0.3, -0.25) is 4.79 Å². The third-order valence-electron chi connectivity index (χ3n) is 11.6. The van der Waals surface area contributed by atoms with E-state index in [1.807, 2.05) is 92.2 Å². The zero-order chi connectivity index (χ0) is 42.6. The Hall–Kier alpha value is -4.88. The van der Waals surface area contributed by atoms with Gasteiger partial charge in [-0.25, -0.2) is 12.4 Å². The number of nitrogens with one attached hydrogen (secondary N) is 1. The lowest BCUT2D eigenvalue weighted by Gasteiger charge is -2.43. The van der Waals surface area contributed by atoms with E-state index >= 15 is 0 Å². The van der Waals surface area contributed by atoms with Crippen LogP contribution in [0.2, 0.25) is 16.6 Å². The van der Waals surface area contributed by atoms with E-state index in [2.05, 4.69) is 46.9 Å². The number of para-hydroxylation sites is 1. The van der Waals surface area contributed by atoms with E-state index in [1.165, 1.54) is 3.97 Å². The highest BCUT2D eigenvalue weighted by molar-refractivity contribution is 7.90. The lowest BCUT2D eigenvalue weighted by molar-refractivity contribution is -0.0695. The van der Waals surface area contributed by atoms with Crippen molar-refractivity contribution in [2.45, 2.75) is 96.0 Å². The Morgan fingerprint density at radius 1 is 0.831 bits per heavy atom. The van der Waals surface area contributed by atoms with Crippen molar-refractivity contribution in [3.8, 4) is 11.5 Å². The van der Waals surface area contributed by atoms with Crippen LogP contribution in [-0.4, -0.2) is 57.7 Å². The van der Waals surface area contributed by atoms with Crippen LogP contribution in [0.3, 0.4) is 0 Å². The highest BCUT2D eigenvalue weighted by Gasteiger charge is 2.47. The second kappa shape index (κ2) is 18.2. The summed E-state index contributed by atoms with van der Waals surface area (Å²) in [5, 5.41) is 4.79. The molecule has 0 saturated carbocycles. The monoisotopic (exact) mass is 837 g/mol. The molecule has 0 spiro atoms. The van der Waals surface area contributed by atoms with Crippen LogP contribution in [-0.2, 0) is 39.6 Å². The number of aryl methyl sites for hydroxylation is 3. The Bertz CT molecular complexity index is 2490. The van der Waals surface area contributed by atoms with Crippen LogP contribution in [0.1, 0.15) is 74.3 Å². The quantitative estimate of drug-likeness (QED) is 0.0678. The van der Waals surface area contributed by atoms with Crippen molar-refractivity contribution in [3.63, 3.8) is 0 Å². The van der Waals surface area contributed by atoms with E-state index < -0.39 is 24.4 Å². The molecule has 0 bridgehead atoms. The number of rotatable bonds is 18. The van der Waals surface area contributed by atoms with Gasteiger partial charge in [0.15, 0.2) is 0 Å². The van der Waals surface area contributed by atoms with Crippen LogP contribution in [0.5, 0.6) is 11.5 Å². The molecule has 2 aromatic heterocycles. The number of carbonyl (C=O) groups is 1. The fourth-order valence-corrected chi connectivity index (χ4v) is 15.4. The summed E-state index contributed by atoms with van der Waals surface area (Å²) < 4.78 is 58.5. The summed E-state index contributed by atoms with van der Waals surface area (Å²) in [5.41, 5.74) is 6.03. The summed E-state index contributed by atoms with van der Waals surface area (Å²) in [7, 11) is -3.25. The Labute approximate surface area is 350 Å². The predicted octanol–water partition coefficient (Wildman–Crippen LogP) is 10.1. The van der Waals surface area contributed by atoms with Crippen LogP contribution in [0, 0.1) is 13.8 Å². The highest BCUT2D eigenvalue weighted by Crippen LogP contribution is 2.47. The number of hydrogen-bond donors (Lipinski definition) is 1. The van der Waals surface area contributed by atoms with Gasteiger partial charge in [-0.15, -0.1) is 0 Å². The molecule has 10 nitrogen and oxygen atoms in total. The van der Waals surface area contributed by atoms with E-state index in [4.69, 9.17) is 18.6 Å². The van der Waals surface area contributed by atoms with Crippen LogP contribution >= 0.6 is 0 Å². The third-order valence-corrected chi connectivity index (χ3v) is 19.3. The minimum absolute atomic E-state index is 0.0172. The van der Waals surface area contributed by atoms with Gasteiger partial charge >= 0.3 is 0 Å². The van der Waals surface area contributed by atoms with Crippen LogP contribution in [0.25, 0.3) is 21.8 Å². The van der Waals surface area contributed by atoms with Gasteiger partial charge in [-0.05, 0) is 65.9 Å². The van der Waals surface area contributed by atoms with Gasteiger partial charge in [0.25, 0.3) is 24.2 Å². The molecule has 314 valence electrons. The van der Waals surface area contributed by atoms with E-state index in [0.717, 1.165) is 33.2 Å². The summed E-state index contributed by atoms with van der Waals surface area (Å²) >= 11 is 0. The molecule has 6 rings (SSSR count). The average Bonchev–Trinajstić information content (AvgIpc) is 3.75. The molecular weight excluding hydrogens is 779 g/mol. The molecule has 0 aliphatic heterocycles. The summed E-state index contributed by atoms with van der Waals surface area (Å²) in [5.74, 6) is 0.783. The van der Waals surface area contributed by atoms with Crippen molar-refractivity contribution in [2.75, 3.05) is 20.4 Å². The van der Waals surface area contributed by atoms with Gasteiger partial charge in [0.2, 0.25) is 0 Å². The van der Waals surface area contributed by atoms with E-state index in [-0.39, 0.29) is 53.8 Å². The lowest BCUT2D eigenvalue weighted by atomic mass is 9.99. The van der Waals surface area contributed by atoms with Gasteiger partial charge in [-0.1, -0.05) is 108 Å². The molecule has 12 heteroatoms. The first-order valence-corrected chi connectivity index (χ1v) is 24.0. The van der Waals surface area contributed by atoms with Crippen molar-refractivity contribution in [2.24, 2.45) is 7.05 Å². The third kappa shape index (κ3) is 8.87. The fourth-order valence-electron chi connectivity index (χ4n) is 8.69. The largest absolute Gasteiger partial charge is 0.542 e. The highest BCUT2D eigenvalue weighted by atomic mass is 32.2. The number of amides is 1. The van der Waals surface area contributed by atoms with Crippen LogP contribution in [0.4, 0.5) is 0 Å². The molecule has 0 fully saturated rings. The molecular formula is C47H59N3O7SSi. The van der Waals surface area contributed by atoms with Crippen molar-refractivity contribution in [3.05, 3.63) is 125 Å². The molecule has 0 saturated heterocycles. The summed E-state index contributed by atoms with van der Waals surface area (Å²) in [6.07, 6.45) is 1.37. The number of carbonyl (C=O) groups excluding carboxylic acids is 1. The van der Waals surface area contributed by atoms with Gasteiger partial charge in [0.05, 0.1) is 11.0 Å². The summed E-state index contributed by atoms with van der Waals surface area (Å²) in [4.78, 5) is 14.0. The first-order chi connectivity index (χ1) is 28.1. The SMILES string of the molecule is COCOC(CNC(=O)c1cc2ccccc2n1C)Cc1c(O[Si](C(C)C)(C(C)C)C(C)C)cc(OCc2ccccc2)c2c1c(C)cn2S(=O)(=O)c1ccc(C)cc1. The molecule has 1 atom stereocenters. The van der Waals surface area contributed by atoms with Gasteiger partial charge in [-0.2, -0.15) is 0 Å². The maximum absolute atomic E-state index is 14.7. The van der Waals surface area contributed by atoms with Crippen LogP contribution < -0.4 is 14.5 Å². The summed E-state index contributed by atoms with van der Waals surface area (Å²) in [6, 6.07) is 28.3. The maximum Gasteiger partial charge on any atom is 0.268 e. The number of fused-ring (bicyclic) bond motifs is 2. The minimum atomic E-state index is -4.09. The van der Waals surface area contributed by atoms with Crippen molar-refractivity contribution in [1.29, 1.82) is 0 Å². The topological polar surface area (TPSA) is 110 Å². The number of aromatic nitrogens is 2. The van der Waals surface area contributed by atoms with E-state index in [1.54, 1.807) is 37.6 Å². The Morgan fingerprint density at radius 3 is 2.10 bits per heavy atom. The van der Waals surface area contributed by atoms with Gasteiger partial charge < -0.3 is 28.5 Å². The van der Waals surface area contributed by atoms with Gasteiger partial charge in [0, 0.05) is 61.2 Å². The van der Waals surface area contributed by atoms with E-state index in [0.29, 0.717) is 28.1 Å². The van der Waals surface area contributed by atoms with Crippen molar-refractivity contribution < 1.29 is 31.8 Å². The fraction of sp³-hybridized carbons (Fsp3) is 0.383. The molecule has 4 aromatic carbocycles. The van der Waals surface area contributed by atoms with Crippen molar-refractivity contribution in [1.82, 2.24) is 13.9 Å².